The third-order valence-corrected chi connectivity index (χ3v) is 2.26. The van der Waals surface area contributed by atoms with Crippen molar-refractivity contribution in [3.8, 4) is 0 Å². The van der Waals surface area contributed by atoms with Crippen LogP contribution in [-0.2, 0) is 6.54 Å². The van der Waals surface area contributed by atoms with Gasteiger partial charge in [0.05, 0.1) is 12.8 Å². The van der Waals surface area contributed by atoms with Crippen molar-refractivity contribution in [2.24, 2.45) is 5.73 Å². The Morgan fingerprint density at radius 3 is 3.00 bits per heavy atom. The van der Waals surface area contributed by atoms with Gasteiger partial charge in [0.15, 0.2) is 0 Å². The first kappa shape index (κ1) is 10.6. The maximum Gasteiger partial charge on any atom is 0.117 e. The lowest BCUT2D eigenvalue weighted by Crippen LogP contribution is -2.36. The molecule has 0 spiro atoms. The fourth-order valence-corrected chi connectivity index (χ4v) is 1.31. The highest BCUT2D eigenvalue weighted by atomic mass is 32.1. The first-order valence-electron chi connectivity index (χ1n) is 4.29. The van der Waals surface area contributed by atoms with Gasteiger partial charge in [-0.05, 0) is 19.2 Å². The second-order valence-corrected chi connectivity index (χ2v) is 3.58. The van der Waals surface area contributed by atoms with Gasteiger partial charge in [0.25, 0.3) is 0 Å². The summed E-state index contributed by atoms with van der Waals surface area (Å²) in [5.41, 5.74) is 5.75. The molecular formula is C9H16N2OS. The fourth-order valence-electron chi connectivity index (χ4n) is 1.19. The summed E-state index contributed by atoms with van der Waals surface area (Å²) in [6, 6.07) is 3.98. The molecule has 74 valence electrons. The van der Waals surface area contributed by atoms with E-state index in [4.69, 9.17) is 10.2 Å². The molecule has 1 rings (SSSR count). The molecule has 0 radical (unpaired) electrons. The van der Waals surface area contributed by atoms with Gasteiger partial charge < -0.3 is 10.2 Å². The van der Waals surface area contributed by atoms with Crippen molar-refractivity contribution in [2.75, 3.05) is 19.3 Å². The Hall–Kier alpha value is -0.450. The number of likely N-dealkylation sites (N-methyl/N-ethyl adjacent to an activating group) is 1. The molecule has 13 heavy (non-hydrogen) atoms. The van der Waals surface area contributed by atoms with E-state index in [1.807, 2.05) is 19.2 Å². The van der Waals surface area contributed by atoms with Crippen LogP contribution >= 0.6 is 12.6 Å². The summed E-state index contributed by atoms with van der Waals surface area (Å²) in [7, 11) is 2.02. The van der Waals surface area contributed by atoms with Gasteiger partial charge in [-0.25, -0.2) is 0 Å². The molecule has 0 aromatic carbocycles. The van der Waals surface area contributed by atoms with Gasteiger partial charge in [0.1, 0.15) is 5.76 Å². The standard InChI is InChI=1S/C9H16N2OS/c1-11(5-8(10)7-13)6-9-3-2-4-12-9/h2-4,8,13H,5-7,10H2,1H3. The lowest BCUT2D eigenvalue weighted by atomic mass is 10.3. The van der Waals surface area contributed by atoms with Crippen molar-refractivity contribution in [1.82, 2.24) is 4.90 Å². The molecule has 1 aromatic rings. The van der Waals surface area contributed by atoms with Crippen LogP contribution in [0.3, 0.4) is 0 Å². The van der Waals surface area contributed by atoms with Crippen molar-refractivity contribution in [1.29, 1.82) is 0 Å². The summed E-state index contributed by atoms with van der Waals surface area (Å²) in [6.07, 6.45) is 1.68. The van der Waals surface area contributed by atoms with E-state index < -0.39 is 0 Å². The fraction of sp³-hybridized carbons (Fsp3) is 0.556. The minimum absolute atomic E-state index is 0.128. The lowest BCUT2D eigenvalue weighted by Gasteiger charge is -2.18. The van der Waals surface area contributed by atoms with Crippen LogP contribution in [0.15, 0.2) is 22.8 Å². The van der Waals surface area contributed by atoms with Crippen LogP contribution < -0.4 is 5.73 Å². The van der Waals surface area contributed by atoms with Crippen LogP contribution in [0.2, 0.25) is 0 Å². The van der Waals surface area contributed by atoms with E-state index in [9.17, 15) is 0 Å². The minimum atomic E-state index is 0.128. The number of nitrogens with two attached hydrogens (primary N) is 1. The van der Waals surface area contributed by atoms with Gasteiger partial charge in [0.2, 0.25) is 0 Å². The third kappa shape index (κ3) is 3.85. The first-order valence-corrected chi connectivity index (χ1v) is 4.93. The average Bonchev–Trinajstić information content (AvgIpc) is 2.56. The van der Waals surface area contributed by atoms with Gasteiger partial charge in [-0.15, -0.1) is 0 Å². The number of nitrogens with zero attached hydrogens (tertiary/aromatic N) is 1. The number of hydrogen-bond donors (Lipinski definition) is 2. The maximum atomic E-state index is 5.75. The molecule has 4 heteroatoms. The molecular weight excluding hydrogens is 184 g/mol. The Morgan fingerprint density at radius 2 is 2.46 bits per heavy atom. The Kier molecular flexibility index (Phi) is 4.35. The molecule has 3 nitrogen and oxygen atoms in total. The molecule has 2 N–H and O–H groups in total. The second kappa shape index (κ2) is 5.32. The van der Waals surface area contributed by atoms with E-state index in [0.717, 1.165) is 18.8 Å². The second-order valence-electron chi connectivity index (χ2n) is 3.22. The summed E-state index contributed by atoms with van der Waals surface area (Å²) in [4.78, 5) is 2.12. The monoisotopic (exact) mass is 200 g/mol. The van der Waals surface area contributed by atoms with E-state index in [-0.39, 0.29) is 6.04 Å². The zero-order valence-electron chi connectivity index (χ0n) is 7.81. The largest absolute Gasteiger partial charge is 0.468 e. The van der Waals surface area contributed by atoms with Crippen molar-refractivity contribution in [3.05, 3.63) is 24.2 Å². The number of rotatable bonds is 5. The molecule has 0 aliphatic carbocycles. The Morgan fingerprint density at radius 1 is 1.69 bits per heavy atom. The smallest absolute Gasteiger partial charge is 0.117 e. The van der Waals surface area contributed by atoms with Crippen LogP contribution in [0.1, 0.15) is 5.76 Å². The molecule has 1 atom stereocenters. The summed E-state index contributed by atoms with van der Waals surface area (Å²) >= 11 is 4.13. The molecule has 0 saturated carbocycles. The van der Waals surface area contributed by atoms with Crippen molar-refractivity contribution >= 4 is 12.6 Å². The van der Waals surface area contributed by atoms with Crippen molar-refractivity contribution < 1.29 is 4.42 Å². The Balaban J connectivity index is 2.29. The van der Waals surface area contributed by atoms with Gasteiger partial charge >= 0.3 is 0 Å². The molecule has 0 fully saturated rings. The zero-order valence-corrected chi connectivity index (χ0v) is 8.71. The van der Waals surface area contributed by atoms with E-state index in [2.05, 4.69) is 17.5 Å². The van der Waals surface area contributed by atoms with Crippen LogP contribution in [-0.4, -0.2) is 30.3 Å². The Bertz CT molecular complexity index is 226. The molecule has 1 aromatic heterocycles. The Labute approximate surface area is 84.3 Å². The van der Waals surface area contributed by atoms with Crippen molar-refractivity contribution in [2.45, 2.75) is 12.6 Å². The predicted molar refractivity (Wildman–Crippen MR) is 56.9 cm³/mol. The molecule has 0 bridgehead atoms. The third-order valence-electron chi connectivity index (χ3n) is 1.79. The molecule has 0 aliphatic heterocycles. The van der Waals surface area contributed by atoms with Gasteiger partial charge in [-0.1, -0.05) is 0 Å². The highest BCUT2D eigenvalue weighted by molar-refractivity contribution is 7.80. The van der Waals surface area contributed by atoms with Crippen molar-refractivity contribution in [3.63, 3.8) is 0 Å². The quantitative estimate of drug-likeness (QED) is 0.696. The van der Waals surface area contributed by atoms with Gasteiger partial charge in [0, 0.05) is 18.3 Å². The average molecular weight is 200 g/mol. The number of hydrogen-bond acceptors (Lipinski definition) is 4. The number of thiol groups is 1. The summed E-state index contributed by atoms with van der Waals surface area (Å²) in [5, 5.41) is 0. The highest BCUT2D eigenvalue weighted by Gasteiger charge is 2.06. The van der Waals surface area contributed by atoms with Gasteiger partial charge in [-0.2, -0.15) is 12.6 Å². The van der Waals surface area contributed by atoms with E-state index in [1.54, 1.807) is 6.26 Å². The van der Waals surface area contributed by atoms with E-state index in [1.165, 1.54) is 0 Å². The summed E-state index contributed by atoms with van der Waals surface area (Å²) < 4.78 is 5.22. The normalized spacial score (nSPS) is 13.5. The van der Waals surface area contributed by atoms with Crippen LogP contribution in [0.4, 0.5) is 0 Å². The zero-order chi connectivity index (χ0) is 9.68. The molecule has 0 amide bonds. The van der Waals surface area contributed by atoms with E-state index in [0.29, 0.717) is 5.75 Å². The minimum Gasteiger partial charge on any atom is -0.468 e. The molecule has 0 saturated heterocycles. The lowest BCUT2D eigenvalue weighted by molar-refractivity contribution is 0.283. The highest BCUT2D eigenvalue weighted by Crippen LogP contribution is 2.03. The van der Waals surface area contributed by atoms with Crippen LogP contribution in [0.5, 0.6) is 0 Å². The molecule has 1 unspecified atom stereocenters. The predicted octanol–water partition coefficient (Wildman–Crippen LogP) is 0.969. The maximum absolute atomic E-state index is 5.75. The van der Waals surface area contributed by atoms with Gasteiger partial charge in [-0.3, -0.25) is 4.90 Å². The molecule has 0 aliphatic rings. The summed E-state index contributed by atoms with van der Waals surface area (Å²) in [5.74, 6) is 1.68. The topological polar surface area (TPSA) is 42.4 Å². The van der Waals surface area contributed by atoms with Crippen LogP contribution in [0.25, 0.3) is 0 Å². The SMILES string of the molecule is CN(Cc1ccco1)CC(N)CS. The molecule has 1 heterocycles. The van der Waals surface area contributed by atoms with Crippen LogP contribution in [0, 0.1) is 0 Å². The number of furan rings is 1. The first-order chi connectivity index (χ1) is 6.22. The summed E-state index contributed by atoms with van der Waals surface area (Å²) in [6.45, 7) is 1.64. The van der Waals surface area contributed by atoms with E-state index >= 15 is 0 Å².